The summed E-state index contributed by atoms with van der Waals surface area (Å²) < 4.78 is 4.87. The largest absolute Gasteiger partial charge is 0.294 e. The van der Waals surface area contributed by atoms with Crippen LogP contribution >= 0.6 is 11.3 Å². The minimum absolute atomic E-state index is 1.30. The molecular weight excluding hydrogens is 360 g/mol. The van der Waals surface area contributed by atoms with E-state index in [4.69, 9.17) is 0 Å². The number of thiazole rings is 1. The van der Waals surface area contributed by atoms with Crippen LogP contribution in [0.4, 0.5) is 0 Å². The number of aromatic nitrogens is 2. The Kier molecular flexibility index (Phi) is 3.06. The smallest absolute Gasteiger partial charge is 0.271 e. The standard InChI is InChI=1S/C25H21N2S/c1-14-12-15(2)16(3)20(13-14)24-26(4)23-19-10-7-9-18-17-8-5-6-11-21(17)27(22(18)19)25(23)28-24/h5-13H,1-4H3/q+1. The number of rotatable bonds is 1. The molecule has 0 fully saturated rings. The highest BCUT2D eigenvalue weighted by molar-refractivity contribution is 7.21. The highest BCUT2D eigenvalue weighted by Crippen LogP contribution is 2.42. The molecule has 0 N–H and O–H groups in total. The first-order chi connectivity index (χ1) is 13.6. The molecule has 28 heavy (non-hydrogen) atoms. The molecule has 3 aromatic carbocycles. The molecule has 3 heterocycles. The minimum Gasteiger partial charge on any atom is -0.294 e. The second-order valence-electron chi connectivity index (χ2n) is 7.93. The molecule has 0 bridgehead atoms. The Morgan fingerprint density at radius 1 is 0.857 bits per heavy atom. The number of nitrogens with zero attached hydrogens (tertiary/aromatic N) is 2. The summed E-state index contributed by atoms with van der Waals surface area (Å²) in [6, 6.07) is 20.1. The molecule has 0 amide bonds. The van der Waals surface area contributed by atoms with Crippen LogP contribution in [-0.4, -0.2) is 4.40 Å². The van der Waals surface area contributed by atoms with Crippen LogP contribution < -0.4 is 4.57 Å². The van der Waals surface area contributed by atoms with Gasteiger partial charge in [0, 0.05) is 10.8 Å². The second-order valence-corrected chi connectivity index (χ2v) is 8.91. The van der Waals surface area contributed by atoms with E-state index < -0.39 is 0 Å². The van der Waals surface area contributed by atoms with Crippen molar-refractivity contribution in [1.29, 1.82) is 0 Å². The van der Waals surface area contributed by atoms with Crippen molar-refractivity contribution in [2.45, 2.75) is 20.8 Å². The number of benzene rings is 3. The molecule has 3 heteroatoms. The monoisotopic (exact) mass is 381 g/mol. The van der Waals surface area contributed by atoms with Gasteiger partial charge in [0.25, 0.3) is 10.5 Å². The predicted octanol–water partition coefficient (Wildman–Crippen LogP) is 6.31. The summed E-state index contributed by atoms with van der Waals surface area (Å²) >= 11 is 1.91. The van der Waals surface area contributed by atoms with Gasteiger partial charge in [0.1, 0.15) is 7.05 Å². The van der Waals surface area contributed by atoms with Gasteiger partial charge in [0.2, 0.25) is 0 Å². The molecule has 0 spiro atoms. The van der Waals surface area contributed by atoms with E-state index in [0.717, 1.165) is 0 Å². The fourth-order valence-corrected chi connectivity index (χ4v) is 6.18. The van der Waals surface area contributed by atoms with Crippen LogP contribution in [0.3, 0.4) is 0 Å². The van der Waals surface area contributed by atoms with Gasteiger partial charge in [-0.05, 0) is 67.0 Å². The third-order valence-electron chi connectivity index (χ3n) is 6.23. The number of fused-ring (bicyclic) bond motifs is 6. The van der Waals surface area contributed by atoms with Crippen molar-refractivity contribution < 1.29 is 4.57 Å². The van der Waals surface area contributed by atoms with Gasteiger partial charge in [-0.25, -0.2) is 0 Å². The fraction of sp³-hybridized carbons (Fsp3) is 0.160. The first kappa shape index (κ1) is 16.1. The Hall–Kier alpha value is -2.91. The molecule has 6 rings (SSSR count). The van der Waals surface area contributed by atoms with Gasteiger partial charge in [-0.3, -0.25) is 4.40 Å². The SMILES string of the molecule is Cc1cc(C)c(C)c(-c2sc3c(c4cccc5c6ccccc6n3c54)[n+]2C)c1. The highest BCUT2D eigenvalue weighted by Gasteiger charge is 2.29. The quantitative estimate of drug-likeness (QED) is 0.295. The third-order valence-corrected chi connectivity index (χ3v) is 7.49. The first-order valence-electron chi connectivity index (χ1n) is 9.70. The summed E-state index contributed by atoms with van der Waals surface area (Å²) in [5, 5.41) is 5.36. The van der Waals surface area contributed by atoms with Gasteiger partial charge in [-0.15, -0.1) is 0 Å². The summed E-state index contributed by atoms with van der Waals surface area (Å²) in [5.74, 6) is 0. The number of hydrogen-bond acceptors (Lipinski definition) is 1. The molecule has 0 atom stereocenters. The van der Waals surface area contributed by atoms with Gasteiger partial charge in [0.05, 0.1) is 22.0 Å². The molecular formula is C25H21N2S+. The molecule has 136 valence electrons. The lowest BCUT2D eigenvalue weighted by molar-refractivity contribution is -0.628. The van der Waals surface area contributed by atoms with Gasteiger partial charge in [-0.1, -0.05) is 36.4 Å². The zero-order valence-electron chi connectivity index (χ0n) is 16.5. The minimum atomic E-state index is 1.30. The Bertz CT molecular complexity index is 1550. The fourth-order valence-electron chi connectivity index (χ4n) is 4.82. The van der Waals surface area contributed by atoms with Crippen LogP contribution in [0.15, 0.2) is 54.6 Å². The molecule has 0 saturated carbocycles. The van der Waals surface area contributed by atoms with Crippen molar-refractivity contribution >= 4 is 48.9 Å². The van der Waals surface area contributed by atoms with E-state index in [1.54, 1.807) is 0 Å². The van der Waals surface area contributed by atoms with E-state index in [2.05, 4.69) is 91.4 Å². The van der Waals surface area contributed by atoms with E-state index in [1.165, 1.54) is 64.8 Å². The number of aryl methyl sites for hydroxylation is 3. The van der Waals surface area contributed by atoms with E-state index in [1.807, 2.05) is 11.3 Å². The van der Waals surface area contributed by atoms with Gasteiger partial charge < -0.3 is 0 Å². The van der Waals surface area contributed by atoms with Crippen molar-refractivity contribution in [1.82, 2.24) is 4.40 Å². The van der Waals surface area contributed by atoms with Crippen molar-refractivity contribution in [3.8, 4) is 10.6 Å². The molecule has 0 aliphatic rings. The van der Waals surface area contributed by atoms with E-state index in [9.17, 15) is 0 Å². The van der Waals surface area contributed by atoms with Crippen LogP contribution in [0, 0.1) is 20.8 Å². The summed E-state index contributed by atoms with van der Waals surface area (Å²) in [7, 11) is 2.22. The highest BCUT2D eigenvalue weighted by atomic mass is 32.1. The lowest BCUT2D eigenvalue weighted by atomic mass is 10.0. The molecule has 3 aromatic heterocycles. The second kappa shape index (κ2) is 5.33. The van der Waals surface area contributed by atoms with Gasteiger partial charge in [-0.2, -0.15) is 4.57 Å². The first-order valence-corrected chi connectivity index (χ1v) is 10.5. The maximum atomic E-state index is 2.47. The molecule has 0 saturated heterocycles. The lowest BCUT2D eigenvalue weighted by Gasteiger charge is -2.06. The lowest BCUT2D eigenvalue weighted by Crippen LogP contribution is -2.28. The summed E-state index contributed by atoms with van der Waals surface area (Å²) in [5.41, 5.74) is 9.39. The maximum Gasteiger partial charge on any atom is 0.271 e. The van der Waals surface area contributed by atoms with Crippen molar-refractivity contribution in [3.63, 3.8) is 0 Å². The third kappa shape index (κ3) is 1.85. The summed E-state index contributed by atoms with van der Waals surface area (Å²) in [4.78, 5) is 1.34. The topological polar surface area (TPSA) is 8.29 Å². The van der Waals surface area contributed by atoms with Crippen LogP contribution in [0.5, 0.6) is 0 Å². The molecule has 0 unspecified atom stereocenters. The van der Waals surface area contributed by atoms with Crippen LogP contribution in [-0.2, 0) is 7.05 Å². The van der Waals surface area contributed by atoms with Gasteiger partial charge >= 0.3 is 0 Å². The number of hydrogen-bond donors (Lipinski definition) is 0. The van der Waals surface area contributed by atoms with Crippen molar-refractivity contribution in [3.05, 3.63) is 71.3 Å². The van der Waals surface area contributed by atoms with Crippen molar-refractivity contribution in [2.24, 2.45) is 7.05 Å². The van der Waals surface area contributed by atoms with E-state index in [0.29, 0.717) is 0 Å². The van der Waals surface area contributed by atoms with Crippen LogP contribution in [0.25, 0.3) is 48.1 Å². The van der Waals surface area contributed by atoms with Crippen LogP contribution in [0.2, 0.25) is 0 Å². The Labute approximate surface area is 167 Å². The Morgan fingerprint density at radius 2 is 1.61 bits per heavy atom. The molecule has 0 aliphatic carbocycles. The summed E-state index contributed by atoms with van der Waals surface area (Å²) in [6.07, 6.45) is 0. The Morgan fingerprint density at radius 3 is 2.46 bits per heavy atom. The maximum absolute atomic E-state index is 2.47. The van der Waals surface area contributed by atoms with E-state index in [-0.39, 0.29) is 0 Å². The molecule has 2 nitrogen and oxygen atoms in total. The van der Waals surface area contributed by atoms with Gasteiger partial charge in [0.15, 0.2) is 4.83 Å². The predicted molar refractivity (Wildman–Crippen MR) is 120 cm³/mol. The zero-order chi connectivity index (χ0) is 19.2. The van der Waals surface area contributed by atoms with E-state index >= 15 is 0 Å². The van der Waals surface area contributed by atoms with Crippen LogP contribution in [0.1, 0.15) is 16.7 Å². The summed E-state index contributed by atoms with van der Waals surface area (Å²) in [6.45, 7) is 6.65. The normalized spacial score (nSPS) is 12.3. The number of para-hydroxylation sites is 2. The average Bonchev–Trinajstić information content (AvgIpc) is 3.31. The van der Waals surface area contributed by atoms with Crippen molar-refractivity contribution in [2.75, 3.05) is 0 Å². The average molecular weight is 382 g/mol. The zero-order valence-corrected chi connectivity index (χ0v) is 17.3. The Balaban J connectivity index is 1.83. The molecule has 0 radical (unpaired) electrons. The molecule has 6 aromatic rings. The molecule has 0 aliphatic heterocycles.